The first kappa shape index (κ1) is 18.2. The fourth-order valence-corrected chi connectivity index (χ4v) is 3.05. The number of rotatable bonds is 6. The summed E-state index contributed by atoms with van der Waals surface area (Å²) in [5, 5.41) is 5.05. The molecule has 3 rings (SSSR count). The molecule has 0 atom stereocenters. The lowest BCUT2D eigenvalue weighted by molar-refractivity contribution is -0.123. The standard InChI is InChI=1S/C20H20BrN3O2/c1-13(2)14-7-8-19(17(21)9-14)26-12-20(25)24-23-11-15-10-22-18-6-4-3-5-16(15)18/h3-11,13,22H,12H2,1-2H3,(H,24,25)/b23-11+. The fourth-order valence-electron chi connectivity index (χ4n) is 2.54. The maximum atomic E-state index is 11.9. The van der Waals surface area contributed by atoms with Crippen LogP contribution in [0.3, 0.4) is 0 Å². The van der Waals surface area contributed by atoms with Crippen LogP contribution in [0.25, 0.3) is 10.9 Å². The van der Waals surface area contributed by atoms with Gasteiger partial charge >= 0.3 is 0 Å². The van der Waals surface area contributed by atoms with Crippen LogP contribution in [0.4, 0.5) is 0 Å². The quantitative estimate of drug-likeness (QED) is 0.458. The summed E-state index contributed by atoms with van der Waals surface area (Å²) in [5.41, 5.74) is 5.62. The van der Waals surface area contributed by atoms with Crippen LogP contribution in [0.2, 0.25) is 0 Å². The highest BCUT2D eigenvalue weighted by Crippen LogP contribution is 2.28. The molecule has 26 heavy (non-hydrogen) atoms. The molecule has 0 fully saturated rings. The lowest BCUT2D eigenvalue weighted by Gasteiger charge is -2.10. The number of hydrazone groups is 1. The van der Waals surface area contributed by atoms with Crippen molar-refractivity contribution in [1.82, 2.24) is 10.4 Å². The van der Waals surface area contributed by atoms with Crippen molar-refractivity contribution in [3.05, 3.63) is 64.3 Å². The molecule has 0 aliphatic carbocycles. The van der Waals surface area contributed by atoms with Crippen molar-refractivity contribution in [2.45, 2.75) is 19.8 Å². The van der Waals surface area contributed by atoms with Crippen LogP contribution in [-0.4, -0.2) is 23.7 Å². The first-order valence-corrected chi connectivity index (χ1v) is 9.14. The van der Waals surface area contributed by atoms with E-state index in [1.807, 2.05) is 48.7 Å². The molecule has 0 aliphatic rings. The number of para-hydroxylation sites is 1. The highest BCUT2D eigenvalue weighted by Gasteiger charge is 2.08. The van der Waals surface area contributed by atoms with Crippen molar-refractivity contribution < 1.29 is 9.53 Å². The third kappa shape index (κ3) is 4.32. The van der Waals surface area contributed by atoms with Gasteiger partial charge in [0.05, 0.1) is 10.7 Å². The molecule has 134 valence electrons. The molecule has 0 spiro atoms. The predicted molar refractivity (Wildman–Crippen MR) is 108 cm³/mol. The van der Waals surface area contributed by atoms with E-state index < -0.39 is 0 Å². The Bertz CT molecular complexity index is 947. The molecule has 1 aromatic heterocycles. The molecular weight excluding hydrogens is 394 g/mol. The molecule has 2 aromatic carbocycles. The van der Waals surface area contributed by atoms with Gasteiger partial charge in [0.1, 0.15) is 5.75 Å². The van der Waals surface area contributed by atoms with Gasteiger partial charge in [-0.2, -0.15) is 5.10 Å². The molecule has 5 nitrogen and oxygen atoms in total. The van der Waals surface area contributed by atoms with E-state index in [1.54, 1.807) is 6.21 Å². The molecule has 0 saturated heterocycles. The van der Waals surface area contributed by atoms with E-state index in [0.29, 0.717) is 11.7 Å². The molecule has 2 N–H and O–H groups in total. The number of H-pyrrole nitrogens is 1. The largest absolute Gasteiger partial charge is 0.483 e. The van der Waals surface area contributed by atoms with Crippen molar-refractivity contribution in [3.8, 4) is 5.75 Å². The van der Waals surface area contributed by atoms with Gasteiger partial charge in [0.25, 0.3) is 5.91 Å². The van der Waals surface area contributed by atoms with Gasteiger partial charge in [0.2, 0.25) is 0 Å². The molecule has 6 heteroatoms. The molecule has 0 bridgehead atoms. The second kappa shape index (κ2) is 8.19. The van der Waals surface area contributed by atoms with Crippen LogP contribution in [0.1, 0.15) is 30.9 Å². The van der Waals surface area contributed by atoms with Crippen molar-refractivity contribution >= 4 is 39.0 Å². The number of fused-ring (bicyclic) bond motifs is 1. The van der Waals surface area contributed by atoms with Gasteiger partial charge in [0, 0.05) is 22.7 Å². The number of nitrogens with one attached hydrogen (secondary N) is 2. The second-order valence-electron chi connectivity index (χ2n) is 6.22. The van der Waals surface area contributed by atoms with Crippen LogP contribution in [0, 0.1) is 0 Å². The Kier molecular flexibility index (Phi) is 5.73. The number of carbonyl (C=O) groups excluding carboxylic acids is 1. The zero-order chi connectivity index (χ0) is 18.5. The van der Waals surface area contributed by atoms with Crippen LogP contribution < -0.4 is 10.2 Å². The number of ether oxygens (including phenoxy) is 1. The Labute approximate surface area is 160 Å². The zero-order valence-corrected chi connectivity index (χ0v) is 16.2. The van der Waals surface area contributed by atoms with Crippen molar-refractivity contribution in [1.29, 1.82) is 0 Å². The molecule has 1 amide bonds. The lowest BCUT2D eigenvalue weighted by atomic mass is 10.0. The van der Waals surface area contributed by atoms with Gasteiger partial charge < -0.3 is 9.72 Å². The van der Waals surface area contributed by atoms with Crippen molar-refractivity contribution in [2.24, 2.45) is 5.10 Å². The normalized spacial score (nSPS) is 11.4. The molecule has 1 heterocycles. The van der Waals surface area contributed by atoms with Crippen LogP contribution >= 0.6 is 15.9 Å². The van der Waals surface area contributed by atoms with Crippen molar-refractivity contribution in [2.75, 3.05) is 6.61 Å². The Morgan fingerprint density at radius 2 is 2.12 bits per heavy atom. The summed E-state index contributed by atoms with van der Waals surface area (Å²) in [6.45, 7) is 4.15. The van der Waals surface area contributed by atoms with Gasteiger partial charge in [-0.25, -0.2) is 5.43 Å². The molecule has 0 aliphatic heterocycles. The van der Waals surface area contributed by atoms with E-state index in [0.717, 1.165) is 20.9 Å². The number of aromatic amines is 1. The third-order valence-electron chi connectivity index (χ3n) is 4.00. The summed E-state index contributed by atoms with van der Waals surface area (Å²) < 4.78 is 6.38. The topological polar surface area (TPSA) is 66.5 Å². The van der Waals surface area contributed by atoms with Gasteiger partial charge in [-0.3, -0.25) is 4.79 Å². The fraction of sp³-hybridized carbons (Fsp3) is 0.200. The monoisotopic (exact) mass is 413 g/mol. The van der Waals surface area contributed by atoms with Gasteiger partial charge in [-0.05, 0) is 45.6 Å². The second-order valence-corrected chi connectivity index (χ2v) is 7.07. The summed E-state index contributed by atoms with van der Waals surface area (Å²) in [6.07, 6.45) is 3.47. The average Bonchev–Trinajstić information content (AvgIpc) is 3.04. The third-order valence-corrected chi connectivity index (χ3v) is 4.62. The average molecular weight is 414 g/mol. The number of hydrogen-bond donors (Lipinski definition) is 2. The smallest absolute Gasteiger partial charge is 0.277 e. The van der Waals surface area contributed by atoms with E-state index in [1.165, 1.54) is 5.56 Å². The van der Waals surface area contributed by atoms with Gasteiger partial charge in [-0.1, -0.05) is 38.1 Å². The minimum atomic E-state index is -0.319. The SMILES string of the molecule is CC(C)c1ccc(OCC(=O)N/N=C/c2c[nH]c3ccccc23)c(Br)c1. The van der Waals surface area contributed by atoms with Crippen LogP contribution in [-0.2, 0) is 4.79 Å². The Morgan fingerprint density at radius 1 is 1.31 bits per heavy atom. The maximum absolute atomic E-state index is 11.9. The molecule has 0 radical (unpaired) electrons. The van der Waals surface area contributed by atoms with E-state index in [9.17, 15) is 4.79 Å². The number of aromatic nitrogens is 1. The van der Waals surface area contributed by atoms with E-state index >= 15 is 0 Å². The van der Waals surface area contributed by atoms with E-state index in [4.69, 9.17) is 4.74 Å². The maximum Gasteiger partial charge on any atom is 0.277 e. The number of carbonyl (C=O) groups is 1. The molecular formula is C20H20BrN3O2. The molecule has 3 aromatic rings. The number of hydrogen-bond acceptors (Lipinski definition) is 3. The minimum Gasteiger partial charge on any atom is -0.483 e. The summed E-state index contributed by atoms with van der Waals surface area (Å²) in [7, 11) is 0. The van der Waals surface area contributed by atoms with Crippen LogP contribution in [0.15, 0.2) is 58.2 Å². The predicted octanol–water partition coefficient (Wildman–Crippen LogP) is 4.58. The van der Waals surface area contributed by atoms with E-state index in [-0.39, 0.29) is 12.5 Å². The van der Waals surface area contributed by atoms with E-state index in [2.05, 4.69) is 45.3 Å². The highest BCUT2D eigenvalue weighted by molar-refractivity contribution is 9.10. The Morgan fingerprint density at radius 3 is 2.88 bits per heavy atom. The van der Waals surface area contributed by atoms with Crippen LogP contribution in [0.5, 0.6) is 5.75 Å². The minimum absolute atomic E-state index is 0.106. The summed E-state index contributed by atoms with van der Waals surface area (Å²) >= 11 is 3.48. The number of amides is 1. The Hall–Kier alpha value is -2.60. The summed E-state index contributed by atoms with van der Waals surface area (Å²) in [5.74, 6) is 0.744. The molecule has 0 unspecified atom stereocenters. The Balaban J connectivity index is 1.54. The number of nitrogens with zero attached hydrogens (tertiary/aromatic N) is 1. The van der Waals surface area contributed by atoms with Crippen molar-refractivity contribution in [3.63, 3.8) is 0 Å². The lowest BCUT2D eigenvalue weighted by Crippen LogP contribution is -2.24. The first-order chi connectivity index (χ1) is 12.5. The molecule has 0 saturated carbocycles. The highest BCUT2D eigenvalue weighted by atomic mass is 79.9. The first-order valence-electron chi connectivity index (χ1n) is 8.35. The van der Waals surface area contributed by atoms with Gasteiger partial charge in [0.15, 0.2) is 6.61 Å². The van der Waals surface area contributed by atoms with Gasteiger partial charge in [-0.15, -0.1) is 0 Å². The number of halogens is 1. The summed E-state index contributed by atoms with van der Waals surface area (Å²) in [4.78, 5) is 15.1. The number of benzene rings is 2. The zero-order valence-electron chi connectivity index (χ0n) is 14.6. The summed E-state index contributed by atoms with van der Waals surface area (Å²) in [6, 6.07) is 13.8.